The van der Waals surface area contributed by atoms with Gasteiger partial charge in [-0.25, -0.2) is 4.98 Å². The van der Waals surface area contributed by atoms with E-state index in [1.165, 1.54) is 0 Å². The average Bonchev–Trinajstić information content (AvgIpc) is 2.59. The van der Waals surface area contributed by atoms with Crippen LogP contribution >= 0.6 is 0 Å². The van der Waals surface area contributed by atoms with Crippen LogP contribution in [0.1, 0.15) is 40.4 Å². The largest absolute Gasteiger partial charge is 0.334 e. The second-order valence-corrected chi connectivity index (χ2v) is 5.89. The van der Waals surface area contributed by atoms with E-state index < -0.39 is 0 Å². The maximum absolute atomic E-state index is 4.38. The lowest BCUT2D eigenvalue weighted by Gasteiger charge is -2.07. The average molecular weight is 221 g/mol. The van der Waals surface area contributed by atoms with Gasteiger partial charge in [0, 0.05) is 25.0 Å². The molecule has 3 nitrogen and oxygen atoms in total. The van der Waals surface area contributed by atoms with Crippen LogP contribution in [-0.2, 0) is 13.1 Å². The Morgan fingerprint density at radius 2 is 1.94 bits per heavy atom. The van der Waals surface area contributed by atoms with Gasteiger partial charge in [-0.1, -0.05) is 27.7 Å². The maximum Gasteiger partial charge on any atom is 0.122 e. The molecule has 0 aliphatic heterocycles. The standard InChI is InChI=1S/C13H23N3/c1-6-16-8-7-14-10(16)9-15-11-12(2,3)13(11,4)5/h7-8,11,15H,6,9H2,1-5H3. The number of hydrogen-bond donors (Lipinski definition) is 1. The van der Waals surface area contributed by atoms with Crippen molar-refractivity contribution in [3.63, 3.8) is 0 Å². The molecule has 0 radical (unpaired) electrons. The van der Waals surface area contributed by atoms with E-state index in [-0.39, 0.29) is 0 Å². The third-order valence-electron chi connectivity index (χ3n) is 4.63. The van der Waals surface area contributed by atoms with E-state index in [9.17, 15) is 0 Å². The van der Waals surface area contributed by atoms with Crippen molar-refractivity contribution < 1.29 is 0 Å². The number of aryl methyl sites for hydroxylation is 1. The fourth-order valence-corrected chi connectivity index (χ4v) is 2.70. The highest BCUT2D eigenvalue weighted by Crippen LogP contribution is 2.62. The molecule has 0 amide bonds. The van der Waals surface area contributed by atoms with Gasteiger partial charge in [0.2, 0.25) is 0 Å². The number of hydrogen-bond acceptors (Lipinski definition) is 2. The van der Waals surface area contributed by atoms with Gasteiger partial charge in [0.05, 0.1) is 6.54 Å². The Hall–Kier alpha value is -0.830. The van der Waals surface area contributed by atoms with Gasteiger partial charge in [0.25, 0.3) is 0 Å². The monoisotopic (exact) mass is 221 g/mol. The molecule has 1 N–H and O–H groups in total. The summed E-state index contributed by atoms with van der Waals surface area (Å²) in [5, 5.41) is 3.63. The molecule has 0 saturated heterocycles. The third kappa shape index (κ3) is 1.58. The summed E-state index contributed by atoms with van der Waals surface area (Å²) >= 11 is 0. The summed E-state index contributed by atoms with van der Waals surface area (Å²) in [6.07, 6.45) is 3.92. The SMILES string of the molecule is CCn1ccnc1CNC1C(C)(C)C1(C)C. The van der Waals surface area contributed by atoms with E-state index in [1.54, 1.807) is 0 Å². The molecule has 1 aromatic heterocycles. The smallest absolute Gasteiger partial charge is 0.122 e. The second-order valence-electron chi connectivity index (χ2n) is 5.89. The molecule has 0 bridgehead atoms. The van der Waals surface area contributed by atoms with Crippen molar-refractivity contribution in [1.29, 1.82) is 0 Å². The van der Waals surface area contributed by atoms with Gasteiger partial charge in [-0.2, -0.15) is 0 Å². The summed E-state index contributed by atoms with van der Waals surface area (Å²) in [6.45, 7) is 13.3. The van der Waals surface area contributed by atoms with Crippen LogP contribution in [0.25, 0.3) is 0 Å². The third-order valence-corrected chi connectivity index (χ3v) is 4.63. The molecule has 1 aliphatic carbocycles. The summed E-state index contributed by atoms with van der Waals surface area (Å²) in [7, 11) is 0. The molecule has 16 heavy (non-hydrogen) atoms. The topological polar surface area (TPSA) is 29.9 Å². The molecular weight excluding hydrogens is 198 g/mol. The summed E-state index contributed by atoms with van der Waals surface area (Å²) in [5.74, 6) is 1.14. The molecule has 0 unspecified atom stereocenters. The maximum atomic E-state index is 4.38. The van der Waals surface area contributed by atoms with Crippen molar-refractivity contribution in [2.75, 3.05) is 0 Å². The molecule has 1 aromatic rings. The zero-order chi connectivity index (χ0) is 12.0. The van der Waals surface area contributed by atoms with E-state index in [0.717, 1.165) is 18.9 Å². The highest BCUT2D eigenvalue weighted by molar-refractivity contribution is 5.18. The lowest BCUT2D eigenvalue weighted by Crippen LogP contribution is -2.23. The van der Waals surface area contributed by atoms with Gasteiger partial charge >= 0.3 is 0 Å². The molecule has 2 rings (SSSR count). The van der Waals surface area contributed by atoms with Crippen molar-refractivity contribution in [2.45, 2.75) is 53.8 Å². The minimum absolute atomic E-state index is 0.399. The van der Waals surface area contributed by atoms with Gasteiger partial charge in [-0.05, 0) is 17.8 Å². The molecule has 1 heterocycles. The minimum atomic E-state index is 0.399. The van der Waals surface area contributed by atoms with Crippen LogP contribution in [-0.4, -0.2) is 15.6 Å². The van der Waals surface area contributed by atoms with Crippen LogP contribution in [0.15, 0.2) is 12.4 Å². The number of nitrogens with one attached hydrogen (secondary N) is 1. The molecule has 3 heteroatoms. The molecule has 1 fully saturated rings. The van der Waals surface area contributed by atoms with Crippen LogP contribution in [0.2, 0.25) is 0 Å². The summed E-state index contributed by atoms with van der Waals surface area (Å²) in [6, 6.07) is 0.599. The molecule has 1 saturated carbocycles. The Bertz CT molecular complexity index is 362. The van der Waals surface area contributed by atoms with Crippen LogP contribution in [0.3, 0.4) is 0 Å². The quantitative estimate of drug-likeness (QED) is 0.846. The number of aromatic nitrogens is 2. The summed E-state index contributed by atoms with van der Waals surface area (Å²) < 4.78 is 2.19. The van der Waals surface area contributed by atoms with Gasteiger partial charge in [-0.15, -0.1) is 0 Å². The zero-order valence-corrected chi connectivity index (χ0v) is 11.0. The Morgan fingerprint density at radius 1 is 1.31 bits per heavy atom. The highest BCUT2D eigenvalue weighted by atomic mass is 15.1. The van der Waals surface area contributed by atoms with Crippen molar-refractivity contribution in [2.24, 2.45) is 10.8 Å². The van der Waals surface area contributed by atoms with Gasteiger partial charge in [0.15, 0.2) is 0 Å². The fraction of sp³-hybridized carbons (Fsp3) is 0.769. The van der Waals surface area contributed by atoms with Crippen molar-refractivity contribution >= 4 is 0 Å². The lowest BCUT2D eigenvalue weighted by molar-refractivity contribution is 0.457. The van der Waals surface area contributed by atoms with Gasteiger partial charge in [0.1, 0.15) is 5.82 Å². The van der Waals surface area contributed by atoms with Crippen molar-refractivity contribution in [1.82, 2.24) is 14.9 Å². The van der Waals surface area contributed by atoms with E-state index in [1.807, 2.05) is 12.4 Å². The first-order chi connectivity index (χ1) is 7.41. The minimum Gasteiger partial charge on any atom is -0.334 e. The molecule has 0 atom stereocenters. The predicted molar refractivity (Wildman–Crippen MR) is 66.1 cm³/mol. The number of imidazole rings is 1. The van der Waals surface area contributed by atoms with Crippen LogP contribution in [0, 0.1) is 10.8 Å². The van der Waals surface area contributed by atoms with Crippen molar-refractivity contribution in [3.05, 3.63) is 18.2 Å². The molecular formula is C13H23N3. The molecule has 0 aromatic carbocycles. The highest BCUT2D eigenvalue weighted by Gasteiger charge is 2.64. The van der Waals surface area contributed by atoms with Crippen LogP contribution in [0.5, 0.6) is 0 Å². The number of nitrogens with zero attached hydrogens (tertiary/aromatic N) is 2. The van der Waals surface area contributed by atoms with Gasteiger partial charge in [-0.3, -0.25) is 0 Å². The number of rotatable bonds is 4. The van der Waals surface area contributed by atoms with Gasteiger partial charge < -0.3 is 9.88 Å². The molecule has 0 spiro atoms. The van der Waals surface area contributed by atoms with E-state index in [2.05, 4.69) is 49.5 Å². The molecule has 90 valence electrons. The normalized spacial score (nSPS) is 22.3. The Morgan fingerprint density at radius 3 is 2.44 bits per heavy atom. The van der Waals surface area contributed by atoms with Crippen molar-refractivity contribution in [3.8, 4) is 0 Å². The first kappa shape index (κ1) is 11.6. The first-order valence-electron chi connectivity index (χ1n) is 6.14. The molecule has 1 aliphatic rings. The second kappa shape index (κ2) is 3.59. The Balaban J connectivity index is 1.95. The predicted octanol–water partition coefficient (Wildman–Crippen LogP) is 2.43. The Labute approximate surface area is 98.3 Å². The van der Waals surface area contributed by atoms with E-state index in [4.69, 9.17) is 0 Å². The first-order valence-corrected chi connectivity index (χ1v) is 6.14. The van der Waals surface area contributed by atoms with E-state index >= 15 is 0 Å². The zero-order valence-electron chi connectivity index (χ0n) is 11.0. The summed E-state index contributed by atoms with van der Waals surface area (Å²) in [5.41, 5.74) is 0.799. The van der Waals surface area contributed by atoms with E-state index in [0.29, 0.717) is 16.9 Å². The summed E-state index contributed by atoms with van der Waals surface area (Å²) in [4.78, 5) is 4.38. The Kier molecular flexibility index (Phi) is 2.61. The lowest BCUT2D eigenvalue weighted by atomic mass is 10.0. The fourth-order valence-electron chi connectivity index (χ4n) is 2.70. The van der Waals surface area contributed by atoms with Crippen LogP contribution < -0.4 is 5.32 Å². The van der Waals surface area contributed by atoms with Crippen LogP contribution in [0.4, 0.5) is 0 Å².